The Labute approximate surface area is 201 Å². The molecule has 4 heterocycles. The Morgan fingerprint density at radius 1 is 1.12 bits per heavy atom. The molecule has 182 valence electrons. The molecule has 4 aromatic rings. The van der Waals surface area contributed by atoms with Crippen LogP contribution in [-0.2, 0) is 20.6 Å². The SMILES string of the molecule is C=Cc1ncc2cnc(-c3c(C)nn(C)c3OC(C)CN(C)Cc3nn(C)cc3C)cn12.CC. The average Bonchev–Trinajstić information content (AvgIpc) is 3.43. The lowest BCUT2D eigenvalue weighted by Gasteiger charge is -2.22. The molecule has 0 spiro atoms. The van der Waals surface area contributed by atoms with E-state index in [9.17, 15) is 0 Å². The van der Waals surface area contributed by atoms with Crippen LogP contribution in [0, 0.1) is 13.8 Å². The number of nitrogens with zero attached hydrogens (tertiary/aromatic N) is 8. The van der Waals surface area contributed by atoms with E-state index in [1.807, 2.05) is 56.3 Å². The minimum absolute atomic E-state index is 0.0571. The number of ether oxygens (including phenoxy) is 1. The first kappa shape index (κ1) is 25.2. The minimum atomic E-state index is -0.0571. The van der Waals surface area contributed by atoms with Crippen molar-refractivity contribution in [3.63, 3.8) is 0 Å². The average molecular weight is 465 g/mol. The quantitative estimate of drug-likeness (QED) is 0.391. The number of fused-ring (bicyclic) bond motifs is 1. The molecule has 0 aliphatic carbocycles. The van der Waals surface area contributed by atoms with Gasteiger partial charge in [0.05, 0.1) is 40.6 Å². The van der Waals surface area contributed by atoms with Crippen LogP contribution >= 0.6 is 0 Å². The van der Waals surface area contributed by atoms with Gasteiger partial charge in [-0.3, -0.25) is 19.0 Å². The molecule has 4 rings (SSSR count). The monoisotopic (exact) mass is 464 g/mol. The highest BCUT2D eigenvalue weighted by Gasteiger charge is 2.21. The second-order valence-electron chi connectivity index (χ2n) is 8.33. The summed E-state index contributed by atoms with van der Waals surface area (Å²) >= 11 is 0. The van der Waals surface area contributed by atoms with E-state index in [0.29, 0.717) is 5.88 Å². The Balaban J connectivity index is 0.00000158. The molecule has 0 amide bonds. The van der Waals surface area contributed by atoms with Crippen LogP contribution in [-0.4, -0.2) is 58.5 Å². The standard InChI is InChI=1S/C23H30N8O.C2H6/c1-8-21-25-10-18-9-24-20(14-31(18)21)22-17(4)26-30(7)23(22)32-16(3)12-28(5)13-19-15(2)11-29(6)27-19;1-2/h8-11,14,16H,1,12-13H2,2-7H3;1-2H3. The molecule has 0 aliphatic rings. The van der Waals surface area contributed by atoms with E-state index >= 15 is 0 Å². The lowest BCUT2D eigenvalue weighted by atomic mass is 10.2. The third-order valence-corrected chi connectivity index (χ3v) is 5.47. The molecule has 0 saturated carbocycles. The molecule has 0 saturated heterocycles. The van der Waals surface area contributed by atoms with Crippen LogP contribution in [0.25, 0.3) is 22.9 Å². The molecule has 9 nitrogen and oxygen atoms in total. The van der Waals surface area contributed by atoms with Crippen molar-refractivity contribution in [2.45, 2.75) is 47.3 Å². The summed E-state index contributed by atoms with van der Waals surface area (Å²) in [5.74, 6) is 1.47. The van der Waals surface area contributed by atoms with Gasteiger partial charge in [0.25, 0.3) is 0 Å². The van der Waals surface area contributed by atoms with Crippen molar-refractivity contribution in [3.8, 4) is 17.1 Å². The Hall–Kier alpha value is -3.46. The van der Waals surface area contributed by atoms with Crippen molar-refractivity contribution < 1.29 is 4.74 Å². The number of rotatable bonds is 8. The van der Waals surface area contributed by atoms with Gasteiger partial charge >= 0.3 is 0 Å². The fraction of sp³-hybridized carbons (Fsp3) is 0.440. The zero-order valence-electron chi connectivity index (χ0n) is 21.6. The summed E-state index contributed by atoms with van der Waals surface area (Å²) in [6.07, 6.45) is 9.25. The zero-order valence-corrected chi connectivity index (χ0v) is 21.6. The molecule has 0 radical (unpaired) electrons. The van der Waals surface area contributed by atoms with E-state index < -0.39 is 0 Å². The van der Waals surface area contributed by atoms with Crippen molar-refractivity contribution in [2.75, 3.05) is 13.6 Å². The fourth-order valence-corrected chi connectivity index (χ4v) is 4.06. The fourth-order valence-electron chi connectivity index (χ4n) is 4.06. The van der Waals surface area contributed by atoms with Crippen molar-refractivity contribution >= 4 is 11.6 Å². The van der Waals surface area contributed by atoms with Gasteiger partial charge in [-0.2, -0.15) is 10.2 Å². The van der Waals surface area contributed by atoms with Gasteiger partial charge in [0, 0.05) is 39.6 Å². The first-order valence-corrected chi connectivity index (χ1v) is 11.6. The number of aryl methyl sites for hydroxylation is 4. The summed E-state index contributed by atoms with van der Waals surface area (Å²) in [7, 11) is 5.92. The summed E-state index contributed by atoms with van der Waals surface area (Å²) in [5.41, 5.74) is 5.70. The van der Waals surface area contributed by atoms with Crippen LogP contribution in [0.3, 0.4) is 0 Å². The molecule has 4 aromatic heterocycles. The van der Waals surface area contributed by atoms with E-state index in [2.05, 4.69) is 52.5 Å². The Morgan fingerprint density at radius 3 is 2.47 bits per heavy atom. The summed E-state index contributed by atoms with van der Waals surface area (Å²) in [5, 5.41) is 9.14. The smallest absolute Gasteiger partial charge is 0.221 e. The van der Waals surface area contributed by atoms with Gasteiger partial charge in [0.15, 0.2) is 0 Å². The predicted octanol–water partition coefficient (Wildman–Crippen LogP) is 4.05. The topological polar surface area (TPSA) is 78.3 Å². The molecule has 34 heavy (non-hydrogen) atoms. The molecular weight excluding hydrogens is 428 g/mol. The van der Waals surface area contributed by atoms with Crippen LogP contribution in [0.1, 0.15) is 43.5 Å². The Kier molecular flexibility index (Phi) is 7.88. The molecule has 1 atom stereocenters. The van der Waals surface area contributed by atoms with Crippen LogP contribution in [0.4, 0.5) is 0 Å². The maximum atomic E-state index is 6.39. The molecule has 0 aliphatic heterocycles. The summed E-state index contributed by atoms with van der Waals surface area (Å²) < 4.78 is 12.0. The lowest BCUT2D eigenvalue weighted by Crippen LogP contribution is -2.31. The van der Waals surface area contributed by atoms with Gasteiger partial charge in [0.1, 0.15) is 11.9 Å². The number of imidazole rings is 1. The summed E-state index contributed by atoms with van der Waals surface area (Å²) in [4.78, 5) is 11.2. The molecule has 0 aromatic carbocycles. The zero-order chi connectivity index (χ0) is 25.0. The number of hydrogen-bond donors (Lipinski definition) is 0. The van der Waals surface area contributed by atoms with E-state index in [0.717, 1.165) is 47.1 Å². The molecular formula is C25H36N8O. The van der Waals surface area contributed by atoms with Gasteiger partial charge in [0.2, 0.25) is 5.88 Å². The normalized spacial score (nSPS) is 12.0. The van der Waals surface area contributed by atoms with Gasteiger partial charge in [-0.1, -0.05) is 20.4 Å². The van der Waals surface area contributed by atoms with Crippen LogP contribution in [0.5, 0.6) is 5.88 Å². The highest BCUT2D eigenvalue weighted by molar-refractivity contribution is 5.69. The first-order chi connectivity index (χ1) is 16.3. The highest BCUT2D eigenvalue weighted by Crippen LogP contribution is 2.32. The van der Waals surface area contributed by atoms with Crippen LogP contribution < -0.4 is 4.74 Å². The summed E-state index contributed by atoms with van der Waals surface area (Å²) in [6, 6.07) is 0. The highest BCUT2D eigenvalue weighted by atomic mass is 16.5. The van der Waals surface area contributed by atoms with Crippen molar-refractivity contribution in [1.29, 1.82) is 0 Å². The first-order valence-electron chi connectivity index (χ1n) is 11.6. The lowest BCUT2D eigenvalue weighted by molar-refractivity contribution is 0.148. The van der Waals surface area contributed by atoms with Gasteiger partial charge in [-0.15, -0.1) is 0 Å². The van der Waals surface area contributed by atoms with Crippen LogP contribution in [0.15, 0.2) is 31.4 Å². The molecule has 1 unspecified atom stereocenters. The van der Waals surface area contributed by atoms with Gasteiger partial charge < -0.3 is 4.74 Å². The van der Waals surface area contributed by atoms with Crippen molar-refractivity contribution in [2.24, 2.45) is 14.1 Å². The number of aromatic nitrogens is 7. The van der Waals surface area contributed by atoms with Crippen LogP contribution in [0.2, 0.25) is 0 Å². The van der Waals surface area contributed by atoms with Crippen molar-refractivity contribution in [1.82, 2.24) is 38.8 Å². The third-order valence-electron chi connectivity index (χ3n) is 5.47. The van der Waals surface area contributed by atoms with Gasteiger partial charge in [-0.05, 0) is 39.5 Å². The van der Waals surface area contributed by atoms with E-state index in [1.54, 1.807) is 23.2 Å². The van der Waals surface area contributed by atoms with E-state index in [-0.39, 0.29) is 6.10 Å². The minimum Gasteiger partial charge on any atom is -0.473 e. The molecule has 9 heteroatoms. The Bertz CT molecular complexity index is 1270. The maximum absolute atomic E-state index is 6.39. The summed E-state index contributed by atoms with van der Waals surface area (Å²) in [6.45, 7) is 15.5. The van der Waals surface area contributed by atoms with Gasteiger partial charge in [-0.25, -0.2) is 9.67 Å². The van der Waals surface area contributed by atoms with E-state index in [4.69, 9.17) is 4.74 Å². The second-order valence-corrected chi connectivity index (χ2v) is 8.33. The third kappa shape index (κ3) is 5.20. The molecule has 0 bridgehead atoms. The maximum Gasteiger partial charge on any atom is 0.221 e. The molecule has 0 N–H and O–H groups in total. The Morgan fingerprint density at radius 2 is 1.82 bits per heavy atom. The molecule has 0 fully saturated rings. The number of hydrogen-bond acceptors (Lipinski definition) is 6. The van der Waals surface area contributed by atoms with E-state index in [1.165, 1.54) is 5.56 Å². The van der Waals surface area contributed by atoms with Crippen molar-refractivity contribution in [3.05, 3.63) is 54.1 Å². The predicted molar refractivity (Wildman–Crippen MR) is 136 cm³/mol. The number of likely N-dealkylation sites (N-methyl/N-ethyl adjacent to an activating group) is 1. The largest absolute Gasteiger partial charge is 0.473 e. The second kappa shape index (κ2) is 10.6.